The molecule has 1 aliphatic rings. The van der Waals surface area contributed by atoms with Crippen molar-refractivity contribution in [1.29, 1.82) is 0 Å². The summed E-state index contributed by atoms with van der Waals surface area (Å²) in [5.41, 5.74) is 0.787. The molecule has 0 spiro atoms. The lowest BCUT2D eigenvalue weighted by Crippen LogP contribution is -2.20. The van der Waals surface area contributed by atoms with E-state index in [1.807, 2.05) is 12.1 Å². The second-order valence-electron chi connectivity index (χ2n) is 5.89. The number of benzene rings is 1. The first-order valence-corrected chi connectivity index (χ1v) is 7.59. The van der Waals surface area contributed by atoms with Gasteiger partial charge in [0.15, 0.2) is 11.5 Å². The van der Waals surface area contributed by atoms with E-state index in [0.29, 0.717) is 17.2 Å². The molecular formula is C17H26O4. The molecule has 21 heavy (non-hydrogen) atoms. The standard InChI is InChI=1S/C17H26O4/c1-11-5-7-12(8-6-11)15(18)13-9-10-14(19-2)17(21-4)16(13)20-3/h9-12,15,18H,5-8H2,1-4H3. The predicted octanol–water partition coefficient (Wildman–Crippen LogP) is 3.57. The average Bonchev–Trinajstić information content (AvgIpc) is 2.53. The molecule has 0 aliphatic heterocycles. The van der Waals surface area contributed by atoms with Gasteiger partial charge in [0, 0.05) is 5.56 Å². The lowest BCUT2D eigenvalue weighted by molar-refractivity contribution is 0.0729. The van der Waals surface area contributed by atoms with Crippen LogP contribution in [0.5, 0.6) is 17.2 Å². The fraction of sp³-hybridized carbons (Fsp3) is 0.647. The largest absolute Gasteiger partial charge is 0.493 e. The highest BCUT2D eigenvalue weighted by atomic mass is 16.5. The lowest BCUT2D eigenvalue weighted by Gasteiger charge is -2.31. The van der Waals surface area contributed by atoms with Gasteiger partial charge in [-0.2, -0.15) is 0 Å². The molecule has 0 aromatic heterocycles. The van der Waals surface area contributed by atoms with E-state index in [9.17, 15) is 5.11 Å². The van der Waals surface area contributed by atoms with Gasteiger partial charge in [0.25, 0.3) is 0 Å². The van der Waals surface area contributed by atoms with Crippen molar-refractivity contribution in [3.05, 3.63) is 17.7 Å². The Morgan fingerprint density at radius 1 is 0.952 bits per heavy atom. The highest BCUT2D eigenvalue weighted by Gasteiger charge is 2.29. The van der Waals surface area contributed by atoms with Crippen LogP contribution in [0.3, 0.4) is 0 Å². The zero-order valence-corrected chi connectivity index (χ0v) is 13.4. The molecule has 4 nitrogen and oxygen atoms in total. The molecule has 1 aromatic carbocycles. The van der Waals surface area contributed by atoms with Crippen molar-refractivity contribution in [2.24, 2.45) is 11.8 Å². The van der Waals surface area contributed by atoms with Gasteiger partial charge in [-0.05, 0) is 36.8 Å². The average molecular weight is 294 g/mol. The Morgan fingerprint density at radius 2 is 1.57 bits per heavy atom. The summed E-state index contributed by atoms with van der Waals surface area (Å²) in [7, 11) is 4.77. The Hall–Kier alpha value is -1.42. The van der Waals surface area contributed by atoms with Crippen LogP contribution >= 0.6 is 0 Å². The fourth-order valence-corrected chi connectivity index (χ4v) is 3.21. The number of hydrogen-bond donors (Lipinski definition) is 1. The maximum Gasteiger partial charge on any atom is 0.203 e. The van der Waals surface area contributed by atoms with Crippen molar-refractivity contribution in [3.8, 4) is 17.2 Å². The van der Waals surface area contributed by atoms with E-state index in [4.69, 9.17) is 14.2 Å². The van der Waals surface area contributed by atoms with Crippen LogP contribution in [-0.4, -0.2) is 26.4 Å². The van der Waals surface area contributed by atoms with Gasteiger partial charge in [0.2, 0.25) is 5.75 Å². The van der Waals surface area contributed by atoms with Crippen molar-refractivity contribution in [1.82, 2.24) is 0 Å². The minimum atomic E-state index is -0.521. The van der Waals surface area contributed by atoms with E-state index in [2.05, 4.69) is 6.92 Å². The summed E-state index contributed by atoms with van der Waals surface area (Å²) in [4.78, 5) is 0. The van der Waals surface area contributed by atoms with E-state index in [1.165, 1.54) is 12.8 Å². The number of methoxy groups -OCH3 is 3. The Labute approximate surface area is 127 Å². The van der Waals surface area contributed by atoms with Crippen LogP contribution in [0.1, 0.15) is 44.3 Å². The molecule has 2 rings (SSSR count). The summed E-state index contributed by atoms with van der Waals surface area (Å²) in [6.45, 7) is 2.28. The molecule has 1 fully saturated rings. The molecule has 0 amide bonds. The summed E-state index contributed by atoms with van der Waals surface area (Å²) >= 11 is 0. The predicted molar refractivity (Wildman–Crippen MR) is 82.2 cm³/mol. The van der Waals surface area contributed by atoms with Crippen LogP contribution in [0.2, 0.25) is 0 Å². The second kappa shape index (κ2) is 7.03. The summed E-state index contributed by atoms with van der Waals surface area (Å²) in [5, 5.41) is 10.8. The van der Waals surface area contributed by atoms with Crippen molar-refractivity contribution in [2.75, 3.05) is 21.3 Å². The van der Waals surface area contributed by atoms with E-state index in [0.717, 1.165) is 24.3 Å². The number of aliphatic hydroxyl groups excluding tert-OH is 1. The third-order valence-corrected chi connectivity index (χ3v) is 4.56. The van der Waals surface area contributed by atoms with Gasteiger partial charge in [-0.3, -0.25) is 0 Å². The van der Waals surface area contributed by atoms with Gasteiger partial charge in [-0.1, -0.05) is 19.8 Å². The molecule has 1 unspecified atom stereocenters. The summed E-state index contributed by atoms with van der Waals surface area (Å²) in [6.07, 6.45) is 3.95. The maximum absolute atomic E-state index is 10.8. The number of rotatable bonds is 5. The van der Waals surface area contributed by atoms with Gasteiger partial charge in [-0.15, -0.1) is 0 Å². The minimum Gasteiger partial charge on any atom is -0.493 e. The van der Waals surface area contributed by atoms with Gasteiger partial charge < -0.3 is 19.3 Å². The van der Waals surface area contributed by atoms with Gasteiger partial charge in [0.05, 0.1) is 27.4 Å². The molecule has 1 aliphatic carbocycles. The van der Waals surface area contributed by atoms with Gasteiger partial charge in [0.1, 0.15) is 0 Å². The Balaban J connectivity index is 2.30. The molecule has 1 saturated carbocycles. The second-order valence-corrected chi connectivity index (χ2v) is 5.89. The van der Waals surface area contributed by atoms with Crippen molar-refractivity contribution in [3.63, 3.8) is 0 Å². The molecule has 4 heteroatoms. The van der Waals surface area contributed by atoms with Crippen LogP contribution < -0.4 is 14.2 Å². The van der Waals surface area contributed by atoms with E-state index in [-0.39, 0.29) is 5.92 Å². The summed E-state index contributed by atoms with van der Waals surface area (Å²) in [5.74, 6) is 2.78. The quantitative estimate of drug-likeness (QED) is 0.902. The smallest absolute Gasteiger partial charge is 0.203 e. The normalized spacial score (nSPS) is 23.5. The first kappa shape index (κ1) is 16.0. The summed E-state index contributed by atoms with van der Waals surface area (Å²) < 4.78 is 16.2. The van der Waals surface area contributed by atoms with Gasteiger partial charge >= 0.3 is 0 Å². The first-order valence-electron chi connectivity index (χ1n) is 7.59. The molecule has 1 aromatic rings. The van der Waals surface area contributed by atoms with Crippen LogP contribution in [0.25, 0.3) is 0 Å². The Morgan fingerprint density at radius 3 is 2.10 bits per heavy atom. The highest BCUT2D eigenvalue weighted by molar-refractivity contribution is 5.56. The van der Waals surface area contributed by atoms with Gasteiger partial charge in [-0.25, -0.2) is 0 Å². The third kappa shape index (κ3) is 3.26. The van der Waals surface area contributed by atoms with Crippen LogP contribution in [-0.2, 0) is 0 Å². The molecule has 0 radical (unpaired) electrons. The monoisotopic (exact) mass is 294 g/mol. The Bertz CT molecular complexity index is 464. The third-order valence-electron chi connectivity index (χ3n) is 4.56. The number of ether oxygens (including phenoxy) is 3. The van der Waals surface area contributed by atoms with Crippen molar-refractivity contribution < 1.29 is 19.3 Å². The number of hydrogen-bond acceptors (Lipinski definition) is 4. The molecule has 118 valence electrons. The van der Waals surface area contributed by atoms with Crippen LogP contribution in [0.4, 0.5) is 0 Å². The molecule has 0 bridgehead atoms. The molecule has 1 atom stereocenters. The van der Waals surface area contributed by atoms with Crippen molar-refractivity contribution in [2.45, 2.75) is 38.7 Å². The fourth-order valence-electron chi connectivity index (χ4n) is 3.21. The maximum atomic E-state index is 10.8. The SMILES string of the molecule is COc1ccc(C(O)C2CCC(C)CC2)c(OC)c1OC. The number of aliphatic hydroxyl groups is 1. The lowest BCUT2D eigenvalue weighted by atomic mass is 9.78. The topological polar surface area (TPSA) is 47.9 Å². The summed E-state index contributed by atoms with van der Waals surface area (Å²) in [6, 6.07) is 3.70. The van der Waals surface area contributed by atoms with Crippen LogP contribution in [0, 0.1) is 11.8 Å². The first-order chi connectivity index (χ1) is 10.1. The Kier molecular flexibility index (Phi) is 5.34. The molecule has 0 saturated heterocycles. The van der Waals surface area contributed by atoms with Crippen molar-refractivity contribution >= 4 is 0 Å². The van der Waals surface area contributed by atoms with E-state index < -0.39 is 6.10 Å². The van der Waals surface area contributed by atoms with E-state index in [1.54, 1.807) is 21.3 Å². The minimum absolute atomic E-state index is 0.285. The zero-order chi connectivity index (χ0) is 15.4. The molecular weight excluding hydrogens is 268 g/mol. The highest BCUT2D eigenvalue weighted by Crippen LogP contribution is 2.46. The molecule has 1 N–H and O–H groups in total. The molecule has 0 heterocycles. The zero-order valence-electron chi connectivity index (χ0n) is 13.4. The van der Waals surface area contributed by atoms with E-state index >= 15 is 0 Å². The van der Waals surface area contributed by atoms with Crippen LogP contribution in [0.15, 0.2) is 12.1 Å².